The molecular weight excluding hydrogens is 448 g/mol. The summed E-state index contributed by atoms with van der Waals surface area (Å²) in [5, 5.41) is 3.87. The van der Waals surface area contributed by atoms with Crippen LogP contribution in [0.1, 0.15) is 29.6 Å². The fourth-order valence-corrected chi connectivity index (χ4v) is 5.85. The van der Waals surface area contributed by atoms with E-state index < -0.39 is 10.0 Å². The number of nitrogens with zero attached hydrogens (tertiary/aromatic N) is 3. The van der Waals surface area contributed by atoms with Gasteiger partial charge in [0.25, 0.3) is 5.91 Å². The Labute approximate surface area is 198 Å². The lowest BCUT2D eigenvalue weighted by Gasteiger charge is -2.22. The predicted octanol–water partition coefficient (Wildman–Crippen LogP) is 4.87. The Morgan fingerprint density at radius 3 is 2.59 bits per heavy atom. The van der Waals surface area contributed by atoms with Gasteiger partial charge in [-0.05, 0) is 67.4 Å². The molecule has 7 nitrogen and oxygen atoms in total. The number of amides is 1. The Morgan fingerprint density at radius 2 is 1.74 bits per heavy atom. The molecule has 8 heteroatoms. The number of anilines is 2. The Hall–Kier alpha value is -3.78. The molecule has 2 aromatic heterocycles. The molecule has 0 atom stereocenters. The van der Waals surface area contributed by atoms with Crippen LogP contribution in [-0.4, -0.2) is 36.6 Å². The molecule has 1 saturated heterocycles. The predicted molar refractivity (Wildman–Crippen MR) is 134 cm³/mol. The fraction of sp³-hybridized carbons (Fsp3) is 0.192. The molecule has 0 aliphatic carbocycles. The number of nitrogens with one attached hydrogen (secondary N) is 1. The smallest absolute Gasteiger partial charge is 0.255 e. The maximum Gasteiger partial charge on any atom is 0.255 e. The van der Waals surface area contributed by atoms with Gasteiger partial charge in [-0.15, -0.1) is 0 Å². The third kappa shape index (κ3) is 4.49. The highest BCUT2D eigenvalue weighted by molar-refractivity contribution is 7.92. The molecule has 3 heterocycles. The van der Waals surface area contributed by atoms with Crippen molar-refractivity contribution in [1.82, 2.24) is 9.97 Å². The number of aromatic nitrogens is 2. The van der Waals surface area contributed by atoms with Crippen molar-refractivity contribution in [3.8, 4) is 11.3 Å². The SMILES string of the molecule is O=C(Nc1cccc(-c2nccc3ncccc23)c1)c1ccc(N2CCCCCS2(=O)=O)cc1. The van der Waals surface area contributed by atoms with E-state index in [0.717, 1.165) is 35.0 Å². The lowest BCUT2D eigenvalue weighted by molar-refractivity contribution is 0.102. The van der Waals surface area contributed by atoms with Gasteiger partial charge in [-0.3, -0.25) is 19.1 Å². The molecule has 0 unspecified atom stereocenters. The van der Waals surface area contributed by atoms with E-state index in [1.165, 1.54) is 4.31 Å². The van der Waals surface area contributed by atoms with Gasteiger partial charge in [0.2, 0.25) is 10.0 Å². The molecule has 4 aromatic rings. The first-order chi connectivity index (χ1) is 16.5. The molecule has 0 bridgehead atoms. The normalized spacial score (nSPS) is 15.6. The third-order valence-electron chi connectivity index (χ3n) is 5.94. The summed E-state index contributed by atoms with van der Waals surface area (Å²) in [7, 11) is -3.32. The summed E-state index contributed by atoms with van der Waals surface area (Å²) in [6, 6.07) is 19.9. The van der Waals surface area contributed by atoms with E-state index >= 15 is 0 Å². The van der Waals surface area contributed by atoms with Crippen LogP contribution in [0.4, 0.5) is 11.4 Å². The first kappa shape index (κ1) is 22.0. The van der Waals surface area contributed by atoms with E-state index in [1.807, 2.05) is 42.5 Å². The van der Waals surface area contributed by atoms with Gasteiger partial charge in [-0.25, -0.2) is 8.42 Å². The Balaban J connectivity index is 1.36. The van der Waals surface area contributed by atoms with Crippen LogP contribution < -0.4 is 9.62 Å². The molecule has 1 aliphatic heterocycles. The number of pyridine rings is 2. The molecule has 1 fully saturated rings. The maximum absolute atomic E-state index is 12.9. The standard InChI is InChI=1S/C26H24N4O3S/c31-26(19-9-11-22(12-10-19)30-16-2-1-3-17-34(30,32)33)29-21-7-4-6-20(18-21)25-23-8-5-14-27-24(23)13-15-28-25/h4-15,18H,1-3,16-17H2,(H,29,31). The largest absolute Gasteiger partial charge is 0.322 e. The minimum absolute atomic E-state index is 0.160. The minimum Gasteiger partial charge on any atom is -0.322 e. The van der Waals surface area contributed by atoms with Crippen LogP contribution in [0.5, 0.6) is 0 Å². The summed E-state index contributed by atoms with van der Waals surface area (Å²) < 4.78 is 26.5. The molecule has 172 valence electrons. The van der Waals surface area contributed by atoms with Crippen LogP contribution in [0, 0.1) is 0 Å². The van der Waals surface area contributed by atoms with E-state index in [4.69, 9.17) is 0 Å². The van der Waals surface area contributed by atoms with Gasteiger partial charge in [0, 0.05) is 41.1 Å². The zero-order chi connectivity index (χ0) is 23.5. The van der Waals surface area contributed by atoms with Gasteiger partial charge in [0.15, 0.2) is 0 Å². The van der Waals surface area contributed by atoms with Crippen LogP contribution in [0.2, 0.25) is 0 Å². The second-order valence-electron chi connectivity index (χ2n) is 8.26. The highest BCUT2D eigenvalue weighted by Gasteiger charge is 2.24. The summed E-state index contributed by atoms with van der Waals surface area (Å²) in [5.41, 5.74) is 4.21. The first-order valence-electron chi connectivity index (χ1n) is 11.2. The number of carbonyl (C=O) groups excluding carboxylic acids is 1. The molecule has 34 heavy (non-hydrogen) atoms. The molecule has 1 aliphatic rings. The van der Waals surface area contributed by atoms with Crippen molar-refractivity contribution in [2.24, 2.45) is 0 Å². The summed E-state index contributed by atoms with van der Waals surface area (Å²) >= 11 is 0. The number of rotatable bonds is 4. The maximum atomic E-state index is 12.9. The zero-order valence-corrected chi connectivity index (χ0v) is 19.3. The number of hydrogen-bond donors (Lipinski definition) is 1. The van der Waals surface area contributed by atoms with Crippen molar-refractivity contribution < 1.29 is 13.2 Å². The van der Waals surface area contributed by atoms with E-state index in [1.54, 1.807) is 36.7 Å². The van der Waals surface area contributed by atoms with Crippen LogP contribution in [0.25, 0.3) is 22.2 Å². The topological polar surface area (TPSA) is 92.3 Å². The van der Waals surface area contributed by atoms with E-state index in [9.17, 15) is 13.2 Å². The zero-order valence-electron chi connectivity index (χ0n) is 18.5. The van der Waals surface area contributed by atoms with E-state index in [-0.39, 0.29) is 11.7 Å². The Kier molecular flexibility index (Phi) is 5.98. The van der Waals surface area contributed by atoms with Crippen LogP contribution in [0.15, 0.2) is 79.1 Å². The van der Waals surface area contributed by atoms with E-state index in [0.29, 0.717) is 29.9 Å². The van der Waals surface area contributed by atoms with Gasteiger partial charge in [0.1, 0.15) is 0 Å². The molecule has 0 radical (unpaired) electrons. The number of fused-ring (bicyclic) bond motifs is 1. The third-order valence-corrected chi connectivity index (χ3v) is 7.81. The van der Waals surface area contributed by atoms with Gasteiger partial charge < -0.3 is 5.32 Å². The highest BCUT2D eigenvalue weighted by Crippen LogP contribution is 2.28. The van der Waals surface area contributed by atoms with Crippen molar-refractivity contribution in [1.29, 1.82) is 0 Å². The molecule has 0 spiro atoms. The summed E-state index contributed by atoms with van der Waals surface area (Å²) in [6.45, 7) is 0.471. The summed E-state index contributed by atoms with van der Waals surface area (Å²) in [5.74, 6) is -0.109. The quantitative estimate of drug-likeness (QED) is 0.458. The Morgan fingerprint density at radius 1 is 0.882 bits per heavy atom. The molecule has 5 rings (SSSR count). The van der Waals surface area contributed by atoms with Gasteiger partial charge >= 0.3 is 0 Å². The van der Waals surface area contributed by atoms with Crippen molar-refractivity contribution in [2.75, 3.05) is 21.9 Å². The Bertz CT molecular complexity index is 1450. The first-order valence-corrected chi connectivity index (χ1v) is 12.8. The molecule has 0 saturated carbocycles. The van der Waals surface area contributed by atoms with Gasteiger partial charge in [0.05, 0.1) is 22.7 Å². The minimum atomic E-state index is -3.32. The van der Waals surface area contributed by atoms with Crippen LogP contribution in [0.3, 0.4) is 0 Å². The molecule has 2 aromatic carbocycles. The van der Waals surface area contributed by atoms with Crippen molar-refractivity contribution in [2.45, 2.75) is 19.3 Å². The van der Waals surface area contributed by atoms with Crippen molar-refractivity contribution >= 4 is 38.2 Å². The average Bonchev–Trinajstić information content (AvgIpc) is 3.04. The van der Waals surface area contributed by atoms with E-state index in [2.05, 4.69) is 15.3 Å². The lowest BCUT2D eigenvalue weighted by Crippen LogP contribution is -2.32. The highest BCUT2D eigenvalue weighted by atomic mass is 32.2. The number of hydrogen-bond acceptors (Lipinski definition) is 5. The van der Waals surface area contributed by atoms with Crippen molar-refractivity contribution in [3.63, 3.8) is 0 Å². The molecule has 1 amide bonds. The number of benzene rings is 2. The van der Waals surface area contributed by atoms with Crippen molar-refractivity contribution in [3.05, 3.63) is 84.7 Å². The molecular formula is C26H24N4O3S. The van der Waals surface area contributed by atoms with Crippen LogP contribution >= 0.6 is 0 Å². The van der Waals surface area contributed by atoms with Gasteiger partial charge in [-0.1, -0.05) is 18.6 Å². The fourth-order valence-electron chi connectivity index (χ4n) is 4.21. The molecule has 1 N–H and O–H groups in total. The number of carbonyl (C=O) groups is 1. The second kappa shape index (κ2) is 9.23. The average molecular weight is 473 g/mol. The number of sulfonamides is 1. The lowest BCUT2D eigenvalue weighted by atomic mass is 10.1. The summed E-state index contributed by atoms with van der Waals surface area (Å²) in [6.07, 6.45) is 5.89. The van der Waals surface area contributed by atoms with Gasteiger partial charge in [-0.2, -0.15) is 0 Å². The summed E-state index contributed by atoms with van der Waals surface area (Å²) in [4.78, 5) is 21.8. The van der Waals surface area contributed by atoms with Crippen LogP contribution in [-0.2, 0) is 10.0 Å². The second-order valence-corrected chi connectivity index (χ2v) is 10.3. The monoisotopic (exact) mass is 472 g/mol.